The third kappa shape index (κ3) is 3.58. The summed E-state index contributed by atoms with van der Waals surface area (Å²) >= 11 is 4.95. The molecule has 0 atom stereocenters. The van der Waals surface area contributed by atoms with Crippen LogP contribution >= 0.6 is 27.7 Å². The Kier molecular flexibility index (Phi) is 4.24. The zero-order valence-electron chi connectivity index (χ0n) is 9.41. The number of aryl methyl sites for hydroxylation is 1. The molecular formula is C14H12BrFS. The van der Waals surface area contributed by atoms with Gasteiger partial charge in [0.2, 0.25) is 0 Å². The maximum Gasteiger partial charge on any atom is 0.137 e. The van der Waals surface area contributed by atoms with Crippen LogP contribution in [0.1, 0.15) is 11.1 Å². The van der Waals surface area contributed by atoms with Gasteiger partial charge in [-0.05, 0) is 52.7 Å². The quantitative estimate of drug-likeness (QED) is 0.703. The summed E-state index contributed by atoms with van der Waals surface area (Å²) in [5.41, 5.74) is 2.38. The fourth-order valence-corrected chi connectivity index (χ4v) is 2.70. The molecule has 0 aliphatic rings. The molecule has 0 nitrogen and oxygen atoms in total. The van der Waals surface area contributed by atoms with E-state index in [1.165, 1.54) is 16.5 Å². The van der Waals surface area contributed by atoms with E-state index in [0.717, 1.165) is 11.3 Å². The van der Waals surface area contributed by atoms with Crippen molar-refractivity contribution in [2.75, 3.05) is 0 Å². The Bertz CT molecular complexity index is 508. The van der Waals surface area contributed by atoms with Gasteiger partial charge < -0.3 is 0 Å². The van der Waals surface area contributed by atoms with E-state index in [2.05, 4.69) is 47.1 Å². The molecule has 88 valence electrons. The minimum Gasteiger partial charge on any atom is -0.206 e. The molecule has 0 saturated carbocycles. The van der Waals surface area contributed by atoms with Crippen LogP contribution < -0.4 is 0 Å². The Balaban J connectivity index is 2.02. The second kappa shape index (κ2) is 5.69. The molecular weight excluding hydrogens is 299 g/mol. The van der Waals surface area contributed by atoms with Crippen LogP contribution in [0.25, 0.3) is 0 Å². The van der Waals surface area contributed by atoms with Crippen molar-refractivity contribution in [3.63, 3.8) is 0 Å². The molecule has 0 aliphatic heterocycles. The highest BCUT2D eigenvalue weighted by Gasteiger charge is 2.01. The lowest BCUT2D eigenvalue weighted by atomic mass is 10.2. The van der Waals surface area contributed by atoms with Crippen molar-refractivity contribution in [3.8, 4) is 0 Å². The molecule has 0 aliphatic carbocycles. The van der Waals surface area contributed by atoms with Crippen LogP contribution in [0, 0.1) is 12.7 Å². The maximum atomic E-state index is 13.1. The Morgan fingerprint density at radius 1 is 1.12 bits per heavy atom. The van der Waals surface area contributed by atoms with E-state index < -0.39 is 0 Å². The van der Waals surface area contributed by atoms with Crippen molar-refractivity contribution in [1.29, 1.82) is 0 Å². The third-order valence-electron chi connectivity index (χ3n) is 2.41. The first kappa shape index (κ1) is 12.7. The van der Waals surface area contributed by atoms with Crippen LogP contribution in [0.3, 0.4) is 0 Å². The first-order chi connectivity index (χ1) is 8.15. The van der Waals surface area contributed by atoms with Gasteiger partial charge >= 0.3 is 0 Å². The van der Waals surface area contributed by atoms with Crippen LogP contribution in [-0.4, -0.2) is 0 Å². The number of hydrogen-bond donors (Lipinski definition) is 0. The fraction of sp³-hybridized carbons (Fsp3) is 0.143. The molecule has 0 aromatic heterocycles. The summed E-state index contributed by atoms with van der Waals surface area (Å²) in [5.74, 6) is 0.635. The summed E-state index contributed by atoms with van der Waals surface area (Å²) in [4.78, 5) is 1.23. The average molecular weight is 311 g/mol. The van der Waals surface area contributed by atoms with E-state index >= 15 is 0 Å². The van der Waals surface area contributed by atoms with Gasteiger partial charge in [-0.1, -0.05) is 23.8 Å². The zero-order valence-corrected chi connectivity index (χ0v) is 11.8. The molecule has 0 bridgehead atoms. The third-order valence-corrected chi connectivity index (χ3v) is 4.10. The second-order valence-electron chi connectivity index (χ2n) is 3.85. The highest BCUT2D eigenvalue weighted by Crippen LogP contribution is 2.25. The smallest absolute Gasteiger partial charge is 0.137 e. The molecule has 2 aromatic carbocycles. The molecule has 0 radical (unpaired) electrons. The van der Waals surface area contributed by atoms with E-state index in [1.807, 2.05) is 12.1 Å². The largest absolute Gasteiger partial charge is 0.206 e. The van der Waals surface area contributed by atoms with Gasteiger partial charge in [0.1, 0.15) is 5.82 Å². The molecule has 0 N–H and O–H groups in total. The number of benzene rings is 2. The molecule has 0 spiro atoms. The first-order valence-corrected chi connectivity index (χ1v) is 7.06. The topological polar surface area (TPSA) is 0 Å². The number of thioether (sulfide) groups is 1. The van der Waals surface area contributed by atoms with Crippen molar-refractivity contribution >= 4 is 27.7 Å². The summed E-state index contributed by atoms with van der Waals surface area (Å²) in [5, 5.41) is 0. The molecule has 17 heavy (non-hydrogen) atoms. The van der Waals surface area contributed by atoms with Gasteiger partial charge in [0.25, 0.3) is 0 Å². The monoisotopic (exact) mass is 310 g/mol. The van der Waals surface area contributed by atoms with Gasteiger partial charge in [0, 0.05) is 10.6 Å². The average Bonchev–Trinajstić information content (AvgIpc) is 2.33. The van der Waals surface area contributed by atoms with Crippen molar-refractivity contribution in [2.45, 2.75) is 17.6 Å². The number of halogens is 2. The van der Waals surface area contributed by atoms with Crippen LogP contribution in [0.2, 0.25) is 0 Å². The van der Waals surface area contributed by atoms with Crippen molar-refractivity contribution in [2.24, 2.45) is 0 Å². The van der Waals surface area contributed by atoms with Crippen LogP contribution in [0.5, 0.6) is 0 Å². The highest BCUT2D eigenvalue weighted by atomic mass is 79.9. The summed E-state index contributed by atoms with van der Waals surface area (Å²) < 4.78 is 13.6. The minimum absolute atomic E-state index is 0.214. The Morgan fingerprint density at radius 2 is 1.82 bits per heavy atom. The molecule has 3 heteroatoms. The Labute approximate surface area is 113 Å². The van der Waals surface area contributed by atoms with Crippen molar-refractivity contribution in [3.05, 3.63) is 63.9 Å². The zero-order chi connectivity index (χ0) is 12.3. The molecule has 0 unspecified atom stereocenters. The summed E-state index contributed by atoms with van der Waals surface area (Å²) in [6.45, 7) is 2.07. The van der Waals surface area contributed by atoms with E-state index in [9.17, 15) is 4.39 Å². The van der Waals surface area contributed by atoms with Gasteiger partial charge in [-0.25, -0.2) is 4.39 Å². The number of hydrogen-bond acceptors (Lipinski definition) is 1. The lowest BCUT2D eigenvalue weighted by Gasteiger charge is -2.03. The van der Waals surface area contributed by atoms with Crippen LogP contribution in [0.15, 0.2) is 51.8 Å². The number of rotatable bonds is 3. The van der Waals surface area contributed by atoms with Gasteiger partial charge in [-0.15, -0.1) is 11.8 Å². The fourth-order valence-electron chi connectivity index (χ4n) is 1.43. The Morgan fingerprint density at radius 3 is 2.47 bits per heavy atom. The predicted molar refractivity (Wildman–Crippen MR) is 74.8 cm³/mol. The van der Waals surface area contributed by atoms with Gasteiger partial charge in [0.15, 0.2) is 0 Å². The normalized spacial score (nSPS) is 10.5. The molecule has 0 amide bonds. The summed E-state index contributed by atoms with van der Waals surface area (Å²) in [6, 6.07) is 13.6. The molecule has 2 rings (SSSR count). The molecule has 0 saturated heterocycles. The van der Waals surface area contributed by atoms with Crippen LogP contribution in [0.4, 0.5) is 4.39 Å². The van der Waals surface area contributed by atoms with E-state index in [-0.39, 0.29) is 5.82 Å². The van der Waals surface area contributed by atoms with Gasteiger partial charge in [0.05, 0.1) is 4.47 Å². The summed E-state index contributed by atoms with van der Waals surface area (Å²) in [6.07, 6.45) is 0. The minimum atomic E-state index is -0.214. The summed E-state index contributed by atoms with van der Waals surface area (Å²) in [7, 11) is 0. The van der Waals surface area contributed by atoms with Gasteiger partial charge in [-0.3, -0.25) is 0 Å². The van der Waals surface area contributed by atoms with Crippen LogP contribution in [-0.2, 0) is 5.75 Å². The Hall–Kier alpha value is -0.800. The van der Waals surface area contributed by atoms with Crippen molar-refractivity contribution in [1.82, 2.24) is 0 Å². The first-order valence-electron chi connectivity index (χ1n) is 5.28. The van der Waals surface area contributed by atoms with Crippen molar-refractivity contribution < 1.29 is 4.39 Å². The van der Waals surface area contributed by atoms with E-state index in [1.54, 1.807) is 11.8 Å². The van der Waals surface area contributed by atoms with Gasteiger partial charge in [-0.2, -0.15) is 0 Å². The predicted octanol–water partition coefficient (Wildman–Crippen LogP) is 5.19. The van der Waals surface area contributed by atoms with E-state index in [0.29, 0.717) is 4.47 Å². The second-order valence-corrected chi connectivity index (χ2v) is 5.75. The highest BCUT2D eigenvalue weighted by molar-refractivity contribution is 9.10. The SMILES string of the molecule is Cc1ccc(SCc2ccc(F)c(Br)c2)cc1. The molecule has 2 aromatic rings. The molecule has 0 fully saturated rings. The van der Waals surface area contributed by atoms with E-state index in [4.69, 9.17) is 0 Å². The standard InChI is InChI=1S/C14H12BrFS/c1-10-2-5-12(6-3-10)17-9-11-4-7-14(16)13(15)8-11/h2-8H,9H2,1H3. The lowest BCUT2D eigenvalue weighted by Crippen LogP contribution is -1.84. The molecule has 0 heterocycles. The lowest BCUT2D eigenvalue weighted by molar-refractivity contribution is 0.620. The maximum absolute atomic E-state index is 13.1.